The van der Waals surface area contributed by atoms with E-state index in [0.717, 1.165) is 10.9 Å². The molecule has 0 aliphatic rings. The van der Waals surface area contributed by atoms with Crippen molar-refractivity contribution in [3.63, 3.8) is 0 Å². The number of benzene rings is 1. The van der Waals surface area contributed by atoms with Gasteiger partial charge in [0.25, 0.3) is 0 Å². The van der Waals surface area contributed by atoms with Crippen LogP contribution >= 0.6 is 0 Å². The number of carboxylic acids is 1. The molecule has 0 unspecified atom stereocenters. The first-order valence-electron chi connectivity index (χ1n) is 5.58. The van der Waals surface area contributed by atoms with Crippen molar-refractivity contribution in [2.24, 2.45) is 0 Å². The Hall–Kier alpha value is -2.96. The number of carboxylic acid groups (broad SMARTS) is 1. The van der Waals surface area contributed by atoms with Gasteiger partial charge in [-0.2, -0.15) is 0 Å². The number of fused-ring (bicyclic) bond motifs is 6. The molecule has 0 amide bonds. The molecule has 0 atom stereocenters. The van der Waals surface area contributed by atoms with Crippen molar-refractivity contribution < 1.29 is 9.90 Å². The molecule has 3 heterocycles. The number of aromatic nitrogens is 5. The minimum absolute atomic E-state index is 0.119. The van der Waals surface area contributed by atoms with Gasteiger partial charge in [0.1, 0.15) is 12.0 Å². The van der Waals surface area contributed by atoms with Crippen molar-refractivity contribution >= 4 is 28.2 Å². The van der Waals surface area contributed by atoms with Crippen LogP contribution in [0.4, 0.5) is 0 Å². The van der Waals surface area contributed by atoms with Crippen LogP contribution in [0.2, 0.25) is 0 Å². The van der Waals surface area contributed by atoms with Crippen LogP contribution in [0.25, 0.3) is 22.2 Å². The Labute approximate surface area is 105 Å². The summed E-state index contributed by atoms with van der Waals surface area (Å²) in [5.41, 5.74) is 2.05. The summed E-state index contributed by atoms with van der Waals surface area (Å²) < 4.78 is 3.32. The van der Waals surface area contributed by atoms with E-state index < -0.39 is 5.97 Å². The maximum atomic E-state index is 11.2. The van der Waals surface area contributed by atoms with Crippen LogP contribution < -0.4 is 0 Å². The molecule has 1 aromatic carbocycles. The van der Waals surface area contributed by atoms with Crippen LogP contribution in [0.3, 0.4) is 0 Å². The van der Waals surface area contributed by atoms with Crippen LogP contribution in [0.15, 0.2) is 36.8 Å². The molecule has 0 spiro atoms. The fourth-order valence-corrected chi connectivity index (χ4v) is 2.33. The lowest BCUT2D eigenvalue weighted by Gasteiger charge is -2.05. The SMILES string of the molecule is O=C(O)c1nnc2c3ccccc3n3cncc3n12. The number of rotatable bonds is 1. The van der Waals surface area contributed by atoms with E-state index in [0.29, 0.717) is 11.3 Å². The van der Waals surface area contributed by atoms with E-state index in [1.54, 1.807) is 12.5 Å². The highest BCUT2D eigenvalue weighted by Crippen LogP contribution is 2.22. The molecule has 19 heavy (non-hydrogen) atoms. The maximum absolute atomic E-state index is 11.2. The second-order valence-electron chi connectivity index (χ2n) is 4.13. The van der Waals surface area contributed by atoms with Gasteiger partial charge in [-0.25, -0.2) is 9.78 Å². The molecule has 0 aliphatic heterocycles. The van der Waals surface area contributed by atoms with Gasteiger partial charge in [0, 0.05) is 5.39 Å². The Balaban J connectivity index is 2.40. The Morgan fingerprint density at radius 1 is 1.21 bits per heavy atom. The molecule has 3 aromatic heterocycles. The average Bonchev–Trinajstić information content (AvgIpc) is 3.05. The molecule has 0 saturated heterocycles. The van der Waals surface area contributed by atoms with E-state index in [4.69, 9.17) is 0 Å². The van der Waals surface area contributed by atoms with Gasteiger partial charge in [0.2, 0.25) is 5.82 Å². The molecule has 7 nitrogen and oxygen atoms in total. The number of hydrogen-bond acceptors (Lipinski definition) is 4. The molecule has 0 radical (unpaired) electrons. The van der Waals surface area contributed by atoms with Crippen molar-refractivity contribution in [2.45, 2.75) is 0 Å². The molecule has 1 N–H and O–H groups in total. The second kappa shape index (κ2) is 3.29. The van der Waals surface area contributed by atoms with Crippen LogP contribution in [0.1, 0.15) is 10.6 Å². The molecule has 0 bridgehead atoms. The molecule has 0 fully saturated rings. The molecule has 7 heteroatoms. The molecule has 4 rings (SSSR count). The highest BCUT2D eigenvalue weighted by Gasteiger charge is 2.18. The average molecular weight is 253 g/mol. The van der Waals surface area contributed by atoms with Crippen molar-refractivity contribution in [1.29, 1.82) is 0 Å². The number of imidazole rings is 1. The zero-order valence-corrected chi connectivity index (χ0v) is 9.56. The number of nitrogens with zero attached hydrogens (tertiary/aromatic N) is 5. The monoisotopic (exact) mass is 253 g/mol. The first kappa shape index (κ1) is 10.0. The van der Waals surface area contributed by atoms with Gasteiger partial charge in [0.05, 0.1) is 11.7 Å². The Morgan fingerprint density at radius 2 is 2.05 bits per heavy atom. The third kappa shape index (κ3) is 1.16. The predicted molar refractivity (Wildman–Crippen MR) is 66.2 cm³/mol. The van der Waals surface area contributed by atoms with Gasteiger partial charge >= 0.3 is 5.97 Å². The fourth-order valence-electron chi connectivity index (χ4n) is 2.33. The highest BCUT2D eigenvalue weighted by atomic mass is 16.4. The molecule has 0 aliphatic carbocycles. The van der Waals surface area contributed by atoms with Gasteiger partial charge in [-0.3, -0.25) is 8.80 Å². The van der Waals surface area contributed by atoms with Gasteiger partial charge in [-0.05, 0) is 12.1 Å². The van der Waals surface area contributed by atoms with Gasteiger partial charge in [-0.1, -0.05) is 12.1 Å². The van der Waals surface area contributed by atoms with Gasteiger partial charge < -0.3 is 5.11 Å². The minimum atomic E-state index is -1.12. The number of para-hydroxylation sites is 1. The lowest BCUT2D eigenvalue weighted by Crippen LogP contribution is -2.06. The third-order valence-electron chi connectivity index (χ3n) is 3.11. The van der Waals surface area contributed by atoms with E-state index in [2.05, 4.69) is 15.2 Å². The van der Waals surface area contributed by atoms with Crippen LogP contribution in [0.5, 0.6) is 0 Å². The second-order valence-corrected chi connectivity index (χ2v) is 4.13. The Morgan fingerprint density at radius 3 is 2.89 bits per heavy atom. The molecule has 4 aromatic rings. The van der Waals surface area contributed by atoms with Crippen molar-refractivity contribution in [3.8, 4) is 0 Å². The first-order chi connectivity index (χ1) is 9.27. The Bertz CT molecular complexity index is 953. The smallest absolute Gasteiger partial charge is 0.374 e. The minimum Gasteiger partial charge on any atom is -0.475 e. The summed E-state index contributed by atoms with van der Waals surface area (Å²) in [4.78, 5) is 15.3. The van der Waals surface area contributed by atoms with E-state index >= 15 is 0 Å². The molecule has 0 saturated carbocycles. The molecular formula is C12H7N5O2. The van der Waals surface area contributed by atoms with E-state index in [1.165, 1.54) is 4.40 Å². The summed E-state index contributed by atoms with van der Waals surface area (Å²) in [5, 5.41) is 17.8. The van der Waals surface area contributed by atoms with Crippen molar-refractivity contribution in [3.05, 3.63) is 42.6 Å². The van der Waals surface area contributed by atoms with Crippen LogP contribution in [0, 0.1) is 0 Å². The van der Waals surface area contributed by atoms with E-state index in [9.17, 15) is 9.90 Å². The van der Waals surface area contributed by atoms with Crippen molar-refractivity contribution in [1.82, 2.24) is 24.0 Å². The number of aromatic carboxylic acids is 1. The first-order valence-corrected chi connectivity index (χ1v) is 5.58. The number of carbonyl (C=O) groups is 1. The summed E-state index contributed by atoms with van der Waals surface area (Å²) in [7, 11) is 0. The standard InChI is InChI=1S/C12H7N5O2/c18-12(19)11-15-14-10-7-3-1-2-4-8(7)16-6-13-5-9(16)17(10)11/h1-6H,(H,18,19). The largest absolute Gasteiger partial charge is 0.475 e. The predicted octanol–water partition coefficient (Wildman–Crippen LogP) is 1.23. The van der Waals surface area contributed by atoms with Crippen molar-refractivity contribution in [2.75, 3.05) is 0 Å². The maximum Gasteiger partial charge on any atom is 0.374 e. The third-order valence-corrected chi connectivity index (χ3v) is 3.11. The normalized spacial score (nSPS) is 11.6. The van der Waals surface area contributed by atoms with E-state index in [1.807, 2.05) is 28.7 Å². The zero-order chi connectivity index (χ0) is 13.0. The highest BCUT2D eigenvalue weighted by molar-refractivity contribution is 5.96. The van der Waals surface area contributed by atoms with E-state index in [-0.39, 0.29) is 5.82 Å². The van der Waals surface area contributed by atoms with Gasteiger partial charge in [-0.15, -0.1) is 10.2 Å². The fraction of sp³-hybridized carbons (Fsp3) is 0. The molecule has 92 valence electrons. The van der Waals surface area contributed by atoms with Crippen LogP contribution in [-0.4, -0.2) is 35.1 Å². The Kier molecular flexibility index (Phi) is 1.73. The summed E-state index contributed by atoms with van der Waals surface area (Å²) >= 11 is 0. The van der Waals surface area contributed by atoms with Crippen LogP contribution in [-0.2, 0) is 0 Å². The summed E-state index contributed by atoms with van der Waals surface area (Å²) in [5.74, 6) is -1.24. The summed E-state index contributed by atoms with van der Waals surface area (Å²) in [6, 6.07) is 7.59. The molecular weight excluding hydrogens is 246 g/mol. The summed E-state index contributed by atoms with van der Waals surface area (Å²) in [6.45, 7) is 0. The quantitative estimate of drug-likeness (QED) is 0.551. The summed E-state index contributed by atoms with van der Waals surface area (Å²) in [6.07, 6.45) is 3.23. The lowest BCUT2D eigenvalue weighted by atomic mass is 10.2. The lowest BCUT2D eigenvalue weighted by molar-refractivity contribution is 0.0682. The number of hydrogen-bond donors (Lipinski definition) is 1. The zero-order valence-electron chi connectivity index (χ0n) is 9.56. The van der Waals surface area contributed by atoms with Gasteiger partial charge in [0.15, 0.2) is 5.65 Å². The topological polar surface area (TPSA) is 84.8 Å².